The number of nitrogens with zero attached hydrogens (tertiary/aromatic N) is 3. The first-order valence-corrected chi connectivity index (χ1v) is 10.3. The smallest absolute Gasteiger partial charge is 0.307 e. The zero-order valence-electron chi connectivity index (χ0n) is 17.1. The molecule has 164 valence electrons. The van der Waals surface area contributed by atoms with Gasteiger partial charge in [0.05, 0.1) is 35.8 Å². The van der Waals surface area contributed by atoms with E-state index in [1.165, 1.54) is 13.2 Å². The van der Waals surface area contributed by atoms with Crippen LogP contribution in [0.15, 0.2) is 65.2 Å². The third-order valence-corrected chi connectivity index (χ3v) is 5.62. The standard InChI is InChI=1S/C22H20N4O5S/c1-30-19(27)11-13-25-21(20(24-22(25)32)15-7-4-5-12-23-15)18-10-9-17(31-18)14-6-2-3-8-16(14)26(28)29/h2-10,12,20-21H,11,13H2,1H3,(H,24,32)/t20-,21-/m1/s1. The Morgan fingerprint density at radius 1 is 1.25 bits per heavy atom. The van der Waals surface area contributed by atoms with E-state index in [-0.39, 0.29) is 24.1 Å². The molecule has 2 atom stereocenters. The molecule has 0 bridgehead atoms. The number of esters is 1. The van der Waals surface area contributed by atoms with Crippen molar-refractivity contribution in [2.24, 2.45) is 0 Å². The summed E-state index contributed by atoms with van der Waals surface area (Å²) >= 11 is 5.54. The van der Waals surface area contributed by atoms with Crippen molar-refractivity contribution in [2.45, 2.75) is 18.5 Å². The van der Waals surface area contributed by atoms with Crippen molar-refractivity contribution in [3.05, 3.63) is 82.4 Å². The summed E-state index contributed by atoms with van der Waals surface area (Å²) in [4.78, 5) is 29.1. The van der Waals surface area contributed by atoms with Gasteiger partial charge in [-0.3, -0.25) is 19.9 Å². The molecule has 2 aromatic heterocycles. The van der Waals surface area contributed by atoms with E-state index in [4.69, 9.17) is 21.4 Å². The van der Waals surface area contributed by atoms with Gasteiger partial charge < -0.3 is 19.4 Å². The van der Waals surface area contributed by atoms with E-state index >= 15 is 0 Å². The molecular weight excluding hydrogens is 432 g/mol. The van der Waals surface area contributed by atoms with Gasteiger partial charge in [-0.15, -0.1) is 0 Å². The lowest BCUT2D eigenvalue weighted by molar-refractivity contribution is -0.384. The van der Waals surface area contributed by atoms with Gasteiger partial charge in [0.25, 0.3) is 5.69 Å². The van der Waals surface area contributed by atoms with Crippen molar-refractivity contribution in [3.8, 4) is 11.3 Å². The van der Waals surface area contributed by atoms with E-state index < -0.39 is 11.0 Å². The van der Waals surface area contributed by atoms with Crippen molar-refractivity contribution in [2.75, 3.05) is 13.7 Å². The average molecular weight is 452 g/mol. The van der Waals surface area contributed by atoms with Crippen molar-refractivity contribution >= 4 is 29.0 Å². The fourth-order valence-electron chi connectivity index (χ4n) is 3.77. The van der Waals surface area contributed by atoms with Crippen LogP contribution in [0.5, 0.6) is 0 Å². The highest BCUT2D eigenvalue weighted by molar-refractivity contribution is 7.80. The number of methoxy groups -OCH3 is 1. The Labute approximate surface area is 189 Å². The maximum atomic E-state index is 11.7. The molecule has 0 spiro atoms. The third kappa shape index (κ3) is 4.17. The minimum Gasteiger partial charge on any atom is -0.469 e. The minimum atomic E-state index is -0.441. The molecule has 0 saturated carbocycles. The van der Waals surface area contributed by atoms with Gasteiger partial charge in [0.1, 0.15) is 17.6 Å². The summed E-state index contributed by atoms with van der Waals surface area (Å²) < 4.78 is 10.9. The summed E-state index contributed by atoms with van der Waals surface area (Å²) in [6.07, 6.45) is 1.83. The summed E-state index contributed by atoms with van der Waals surface area (Å²) in [6.45, 7) is 0.314. The first-order chi connectivity index (χ1) is 15.5. The first kappa shape index (κ1) is 21.4. The number of nitro groups is 1. The monoisotopic (exact) mass is 452 g/mol. The Morgan fingerprint density at radius 2 is 2.03 bits per heavy atom. The van der Waals surface area contributed by atoms with E-state index in [0.29, 0.717) is 28.7 Å². The Hall–Kier alpha value is -3.79. The van der Waals surface area contributed by atoms with Gasteiger partial charge in [0.15, 0.2) is 5.11 Å². The van der Waals surface area contributed by atoms with Gasteiger partial charge >= 0.3 is 5.97 Å². The molecule has 1 saturated heterocycles. The quantitative estimate of drug-likeness (QED) is 0.248. The molecule has 1 aliphatic rings. The van der Waals surface area contributed by atoms with E-state index in [0.717, 1.165) is 5.69 Å². The molecule has 4 rings (SSSR count). The molecule has 0 amide bonds. The largest absolute Gasteiger partial charge is 0.469 e. The fourth-order valence-corrected chi connectivity index (χ4v) is 4.10. The van der Waals surface area contributed by atoms with Crippen molar-refractivity contribution < 1.29 is 18.9 Å². The number of furan rings is 1. The van der Waals surface area contributed by atoms with E-state index in [2.05, 4.69) is 10.3 Å². The van der Waals surface area contributed by atoms with Crippen molar-refractivity contribution in [1.82, 2.24) is 15.2 Å². The maximum Gasteiger partial charge on any atom is 0.307 e. The van der Waals surface area contributed by atoms with Crippen molar-refractivity contribution in [3.63, 3.8) is 0 Å². The van der Waals surface area contributed by atoms with Crippen LogP contribution in [0.1, 0.15) is 30.0 Å². The number of rotatable bonds is 7. The molecule has 1 aromatic carbocycles. The van der Waals surface area contributed by atoms with Gasteiger partial charge in [0, 0.05) is 18.8 Å². The Bertz CT molecular complexity index is 1150. The number of carbonyl (C=O) groups excluding carboxylic acids is 1. The maximum absolute atomic E-state index is 11.7. The normalized spacial score (nSPS) is 17.8. The van der Waals surface area contributed by atoms with E-state index in [9.17, 15) is 14.9 Å². The highest BCUT2D eigenvalue weighted by atomic mass is 32.1. The fraction of sp³-hybridized carbons (Fsp3) is 0.227. The van der Waals surface area contributed by atoms with Crippen LogP contribution in [0.4, 0.5) is 5.69 Å². The number of ether oxygens (including phenoxy) is 1. The summed E-state index contributed by atoms with van der Waals surface area (Å²) in [7, 11) is 1.34. The highest BCUT2D eigenvalue weighted by Crippen LogP contribution is 2.41. The van der Waals surface area contributed by atoms with Gasteiger partial charge in [-0.2, -0.15) is 0 Å². The SMILES string of the molecule is COC(=O)CCN1C(=S)N[C@H](c2ccccn2)[C@H]1c1ccc(-c2ccccc2[N+](=O)[O-])o1. The summed E-state index contributed by atoms with van der Waals surface area (Å²) in [6, 6.07) is 14.7. The minimum absolute atomic E-state index is 0.0442. The van der Waals surface area contributed by atoms with Crippen LogP contribution < -0.4 is 5.32 Å². The molecule has 10 heteroatoms. The lowest BCUT2D eigenvalue weighted by atomic mass is 10.0. The van der Waals surface area contributed by atoms with Gasteiger partial charge in [-0.1, -0.05) is 18.2 Å². The number of carbonyl (C=O) groups is 1. The molecule has 32 heavy (non-hydrogen) atoms. The molecule has 0 unspecified atom stereocenters. The molecule has 0 aliphatic carbocycles. The number of benzene rings is 1. The molecular formula is C22H20N4O5S. The highest BCUT2D eigenvalue weighted by Gasteiger charge is 2.41. The predicted octanol–water partition coefficient (Wildman–Crippen LogP) is 3.79. The summed E-state index contributed by atoms with van der Waals surface area (Å²) in [5, 5.41) is 15.2. The van der Waals surface area contributed by atoms with Crippen LogP contribution in [-0.4, -0.2) is 39.5 Å². The van der Waals surface area contributed by atoms with Crippen LogP contribution in [0.3, 0.4) is 0 Å². The van der Waals surface area contributed by atoms with Crippen LogP contribution in [0, 0.1) is 10.1 Å². The number of nitro benzene ring substituents is 1. The number of para-hydroxylation sites is 1. The molecule has 1 aliphatic heterocycles. The van der Waals surface area contributed by atoms with Crippen LogP contribution in [-0.2, 0) is 9.53 Å². The van der Waals surface area contributed by atoms with Gasteiger partial charge in [0.2, 0.25) is 0 Å². The number of aromatic nitrogens is 1. The number of hydrogen-bond acceptors (Lipinski definition) is 7. The molecule has 1 fully saturated rings. The Morgan fingerprint density at radius 3 is 2.75 bits per heavy atom. The topological polar surface area (TPSA) is 111 Å². The van der Waals surface area contributed by atoms with Gasteiger partial charge in [-0.25, -0.2) is 0 Å². The zero-order chi connectivity index (χ0) is 22.7. The number of pyridine rings is 1. The van der Waals surface area contributed by atoms with Gasteiger partial charge in [-0.05, 0) is 42.5 Å². The molecule has 9 nitrogen and oxygen atoms in total. The zero-order valence-corrected chi connectivity index (χ0v) is 18.0. The number of hydrogen-bond donors (Lipinski definition) is 1. The summed E-state index contributed by atoms with van der Waals surface area (Å²) in [5.41, 5.74) is 1.09. The second kappa shape index (κ2) is 9.15. The Balaban J connectivity index is 1.72. The molecule has 3 heterocycles. The lowest BCUT2D eigenvalue weighted by Gasteiger charge is -2.25. The average Bonchev–Trinajstić information content (AvgIpc) is 3.42. The van der Waals surface area contributed by atoms with Crippen molar-refractivity contribution in [1.29, 1.82) is 0 Å². The molecule has 3 aromatic rings. The molecule has 1 N–H and O–H groups in total. The Kier molecular flexibility index (Phi) is 6.13. The predicted molar refractivity (Wildman–Crippen MR) is 120 cm³/mol. The number of nitrogens with one attached hydrogen (secondary N) is 1. The second-order valence-electron chi connectivity index (χ2n) is 7.12. The van der Waals surface area contributed by atoms with Crippen LogP contribution >= 0.6 is 12.2 Å². The van der Waals surface area contributed by atoms with E-state index in [1.807, 2.05) is 23.1 Å². The lowest BCUT2D eigenvalue weighted by Crippen LogP contribution is -2.31. The third-order valence-electron chi connectivity index (χ3n) is 5.27. The molecule has 0 radical (unpaired) electrons. The summed E-state index contributed by atoms with van der Waals surface area (Å²) in [5.74, 6) is 0.566. The van der Waals surface area contributed by atoms with Crippen LogP contribution in [0.25, 0.3) is 11.3 Å². The second-order valence-corrected chi connectivity index (χ2v) is 7.51. The van der Waals surface area contributed by atoms with Crippen LogP contribution in [0.2, 0.25) is 0 Å². The number of thiocarbonyl (C=S) groups is 1. The first-order valence-electron chi connectivity index (χ1n) is 9.88. The van der Waals surface area contributed by atoms with E-state index in [1.54, 1.807) is 36.5 Å².